The molecule has 5 aliphatic rings. The van der Waals surface area contributed by atoms with Crippen LogP contribution in [0.25, 0.3) is 0 Å². The molecule has 11 heteroatoms. The van der Waals surface area contributed by atoms with E-state index in [-0.39, 0.29) is 25.4 Å². The molecule has 0 aromatic heterocycles. The van der Waals surface area contributed by atoms with Gasteiger partial charge in [0.1, 0.15) is 12.2 Å². The molecule has 11 nitrogen and oxygen atoms in total. The number of methoxy groups -OCH3 is 1. The summed E-state index contributed by atoms with van der Waals surface area (Å²) in [6.45, 7) is 5.07. The van der Waals surface area contributed by atoms with Gasteiger partial charge in [-0.1, -0.05) is 26.3 Å². The first-order chi connectivity index (χ1) is 16.8. The number of ketones is 1. The van der Waals surface area contributed by atoms with Gasteiger partial charge in [0.15, 0.2) is 5.76 Å². The minimum absolute atomic E-state index is 0.00304. The van der Waals surface area contributed by atoms with E-state index in [0.717, 1.165) is 7.11 Å². The summed E-state index contributed by atoms with van der Waals surface area (Å²) in [4.78, 5) is 51.5. The smallest absolute Gasteiger partial charge is 0.348 e. The zero-order valence-corrected chi connectivity index (χ0v) is 20.4. The molecular weight excluding hydrogens is 476 g/mol. The van der Waals surface area contributed by atoms with E-state index in [1.807, 2.05) is 0 Å². The molecule has 2 bridgehead atoms. The first kappa shape index (κ1) is 24.9. The molecule has 9 atom stereocenters. The number of carbonyl (C=O) groups is 4. The van der Waals surface area contributed by atoms with E-state index >= 15 is 0 Å². The summed E-state index contributed by atoms with van der Waals surface area (Å²) in [5, 5.41) is 33.3. The lowest BCUT2D eigenvalue weighted by Crippen LogP contribution is -2.78. The highest BCUT2D eigenvalue weighted by Crippen LogP contribution is 2.71. The van der Waals surface area contributed by atoms with Crippen LogP contribution >= 0.6 is 0 Å². The van der Waals surface area contributed by atoms with Crippen LogP contribution in [0.4, 0.5) is 0 Å². The number of hydrogen-bond acceptors (Lipinski definition) is 11. The van der Waals surface area contributed by atoms with Gasteiger partial charge in [-0.2, -0.15) is 0 Å². The molecule has 4 fully saturated rings. The van der Waals surface area contributed by atoms with E-state index < -0.39 is 82.1 Å². The van der Waals surface area contributed by atoms with Gasteiger partial charge in [0.25, 0.3) is 0 Å². The second kappa shape index (κ2) is 7.87. The normalized spacial score (nSPS) is 44.6. The molecule has 196 valence electrons. The Morgan fingerprint density at radius 3 is 2.56 bits per heavy atom. The molecule has 5 rings (SSSR count). The van der Waals surface area contributed by atoms with Gasteiger partial charge in [0, 0.05) is 29.6 Å². The molecule has 2 unspecified atom stereocenters. The lowest BCUT2D eigenvalue weighted by molar-refractivity contribution is -0.272. The van der Waals surface area contributed by atoms with Crippen molar-refractivity contribution >= 4 is 23.7 Å². The van der Waals surface area contributed by atoms with Crippen LogP contribution in [0.2, 0.25) is 0 Å². The fraction of sp³-hybridized carbons (Fsp3) is 0.680. The maximum absolute atomic E-state index is 13.3. The fourth-order valence-corrected chi connectivity index (χ4v) is 7.44. The van der Waals surface area contributed by atoms with Crippen LogP contribution in [-0.2, 0) is 38.1 Å². The molecule has 3 N–H and O–H groups in total. The van der Waals surface area contributed by atoms with E-state index in [0.29, 0.717) is 5.57 Å². The minimum Gasteiger partial charge on any atom is -0.504 e. The molecule has 36 heavy (non-hydrogen) atoms. The summed E-state index contributed by atoms with van der Waals surface area (Å²) in [5.41, 5.74) is -4.19. The molecule has 2 aliphatic heterocycles. The fourth-order valence-electron chi connectivity index (χ4n) is 7.44. The topological polar surface area (TPSA) is 166 Å². The highest BCUT2D eigenvalue weighted by atomic mass is 16.6. The van der Waals surface area contributed by atoms with Crippen LogP contribution in [0.15, 0.2) is 23.5 Å². The van der Waals surface area contributed by atoms with Crippen molar-refractivity contribution in [1.29, 1.82) is 0 Å². The van der Waals surface area contributed by atoms with Gasteiger partial charge < -0.3 is 34.3 Å². The summed E-state index contributed by atoms with van der Waals surface area (Å²) >= 11 is 0. The van der Waals surface area contributed by atoms with Gasteiger partial charge in [-0.25, -0.2) is 9.59 Å². The van der Waals surface area contributed by atoms with Crippen LogP contribution < -0.4 is 0 Å². The average Bonchev–Trinajstić information content (AvgIpc) is 3.10. The number of rotatable bonds is 4. The van der Waals surface area contributed by atoms with Crippen molar-refractivity contribution in [3.8, 4) is 0 Å². The summed E-state index contributed by atoms with van der Waals surface area (Å²) in [7, 11) is 1.09. The largest absolute Gasteiger partial charge is 0.504 e. The Hall–Kier alpha value is -2.76. The molecule has 2 saturated carbocycles. The standard InChI is InChI=1S/C25H30O11/c1-10(2)5-15(28)36-17-19-24-9-34-25(19,22(32)33-4)20(30)16(29)18(24)23(3)8-13(27)12(26)6-11(23)7-14(24)35-21(17)31/h6,8,10,14,16-20,27,29-30H,5,7,9H2,1-4H3/t14-,16?,17-,18?,19-,20+,23+,24-,25+/m1/s1. The van der Waals surface area contributed by atoms with Crippen molar-refractivity contribution in [1.82, 2.24) is 0 Å². The first-order valence-corrected chi connectivity index (χ1v) is 12.0. The van der Waals surface area contributed by atoms with E-state index in [1.165, 1.54) is 12.2 Å². The van der Waals surface area contributed by atoms with E-state index in [4.69, 9.17) is 18.9 Å². The summed E-state index contributed by atoms with van der Waals surface area (Å²) in [6, 6.07) is 0. The van der Waals surface area contributed by atoms with Crippen LogP contribution in [0.1, 0.15) is 33.6 Å². The minimum atomic E-state index is -2.21. The van der Waals surface area contributed by atoms with Crippen molar-refractivity contribution in [3.05, 3.63) is 23.5 Å². The third-order valence-electron chi connectivity index (χ3n) is 8.75. The zero-order valence-electron chi connectivity index (χ0n) is 20.4. The maximum Gasteiger partial charge on any atom is 0.348 e. The molecular formula is C25H30O11. The maximum atomic E-state index is 13.3. The quantitative estimate of drug-likeness (QED) is 0.350. The second-order valence-electron chi connectivity index (χ2n) is 11.1. The predicted octanol–water partition coefficient (Wildman–Crippen LogP) is 0.127. The summed E-state index contributed by atoms with van der Waals surface area (Å²) < 4.78 is 22.4. The Labute approximate surface area is 207 Å². The van der Waals surface area contributed by atoms with Crippen LogP contribution in [0.3, 0.4) is 0 Å². The van der Waals surface area contributed by atoms with E-state index in [2.05, 4.69) is 0 Å². The van der Waals surface area contributed by atoms with Gasteiger partial charge in [-0.05, 0) is 18.1 Å². The highest BCUT2D eigenvalue weighted by molar-refractivity contribution is 6.04. The van der Waals surface area contributed by atoms with E-state index in [1.54, 1.807) is 20.8 Å². The van der Waals surface area contributed by atoms with Crippen molar-refractivity contribution in [3.63, 3.8) is 0 Å². The number of hydrogen-bond donors (Lipinski definition) is 3. The van der Waals surface area contributed by atoms with Gasteiger partial charge in [-0.15, -0.1) is 0 Å². The van der Waals surface area contributed by atoms with Gasteiger partial charge in [0.2, 0.25) is 17.5 Å². The Bertz CT molecular complexity index is 1110. The number of aliphatic hydroxyl groups is 3. The first-order valence-electron chi connectivity index (χ1n) is 12.0. The Kier molecular flexibility index (Phi) is 5.44. The van der Waals surface area contributed by atoms with Crippen LogP contribution in [-0.4, -0.2) is 82.7 Å². The average molecular weight is 507 g/mol. The number of ether oxygens (including phenoxy) is 4. The molecule has 0 aromatic carbocycles. The molecule has 1 spiro atoms. The number of carbonyl (C=O) groups excluding carboxylic acids is 4. The SMILES string of the molecule is COC(=O)[C@@]12OC[C@]34C(C(O)[C@@H]1O)[C@@]1(C)C=C(O)C(=O)C=C1C[C@H]3OC(=O)[C@H](OC(=O)CC(C)C)[C@@H]24. The number of allylic oxidation sites excluding steroid dienone is 2. The molecule has 2 saturated heterocycles. The zero-order chi connectivity index (χ0) is 26.4. The Morgan fingerprint density at radius 1 is 1.22 bits per heavy atom. The van der Waals surface area contributed by atoms with Crippen molar-refractivity contribution in [2.24, 2.45) is 28.6 Å². The monoisotopic (exact) mass is 506 g/mol. The van der Waals surface area contributed by atoms with Crippen molar-refractivity contribution < 1.29 is 53.4 Å². The lowest BCUT2D eigenvalue weighted by Gasteiger charge is -2.65. The third-order valence-corrected chi connectivity index (χ3v) is 8.75. The highest BCUT2D eigenvalue weighted by Gasteiger charge is 2.84. The van der Waals surface area contributed by atoms with Crippen molar-refractivity contribution in [2.75, 3.05) is 13.7 Å². The van der Waals surface area contributed by atoms with Crippen molar-refractivity contribution in [2.45, 2.75) is 63.6 Å². The summed E-state index contributed by atoms with van der Waals surface area (Å²) in [5.74, 6) is -6.09. The van der Waals surface area contributed by atoms with E-state index in [9.17, 15) is 34.5 Å². The number of esters is 3. The van der Waals surface area contributed by atoms with Gasteiger partial charge in [-0.3, -0.25) is 9.59 Å². The molecule has 0 amide bonds. The predicted molar refractivity (Wildman–Crippen MR) is 118 cm³/mol. The summed E-state index contributed by atoms with van der Waals surface area (Å²) in [6.07, 6.45) is -3.44. The Morgan fingerprint density at radius 2 is 1.92 bits per heavy atom. The van der Waals surface area contributed by atoms with Crippen LogP contribution in [0, 0.1) is 28.6 Å². The Balaban J connectivity index is 1.73. The van der Waals surface area contributed by atoms with Gasteiger partial charge >= 0.3 is 17.9 Å². The number of aliphatic hydroxyl groups excluding tert-OH is 3. The van der Waals surface area contributed by atoms with Crippen LogP contribution in [0.5, 0.6) is 0 Å². The number of fused-ring (bicyclic) bond motifs is 2. The molecule has 0 aromatic rings. The second-order valence-corrected chi connectivity index (χ2v) is 11.1. The van der Waals surface area contributed by atoms with Gasteiger partial charge in [0.05, 0.1) is 25.7 Å². The lowest BCUT2D eigenvalue weighted by atomic mass is 9.40. The molecule has 3 aliphatic carbocycles. The third kappa shape index (κ3) is 2.90. The molecule has 0 radical (unpaired) electrons. The molecule has 2 heterocycles.